The minimum atomic E-state index is -1.21. The highest BCUT2D eigenvalue weighted by atomic mass is 16.8. The van der Waals surface area contributed by atoms with Crippen LogP contribution in [0.5, 0.6) is 0 Å². The quantitative estimate of drug-likeness (QED) is 0.267. The van der Waals surface area contributed by atoms with Crippen LogP contribution in [0, 0.1) is 74.9 Å². The average Bonchev–Trinajstić information content (AvgIpc) is 3.24. The summed E-state index contributed by atoms with van der Waals surface area (Å²) in [5.41, 5.74) is -2.24. The topological polar surface area (TPSA) is 118 Å². The molecule has 8 fully saturated rings. The Morgan fingerprint density at radius 3 is 2.26 bits per heavy atom. The molecule has 5 aliphatic carbocycles. The summed E-state index contributed by atoms with van der Waals surface area (Å²) in [6.45, 7) is 17.3. The monoisotopic (exact) mass is 642 g/mol. The van der Waals surface area contributed by atoms with Crippen molar-refractivity contribution in [2.24, 2.45) is 62.6 Å². The molecule has 3 saturated heterocycles. The van der Waals surface area contributed by atoms with Gasteiger partial charge in [0.15, 0.2) is 6.29 Å². The van der Waals surface area contributed by atoms with Crippen LogP contribution in [0.4, 0.5) is 0 Å². The second kappa shape index (κ2) is 9.51. The predicted octanol–water partition coefficient (Wildman–Crippen LogP) is 4.26. The summed E-state index contributed by atoms with van der Waals surface area (Å²) in [6.07, 6.45) is 9.42. The molecule has 8 aliphatic rings. The Kier molecular flexibility index (Phi) is 6.71. The average molecular weight is 643 g/mol. The third-order valence-corrected chi connectivity index (χ3v) is 16.5. The minimum Gasteiger partial charge on any atom is -0.390 e. The van der Waals surface area contributed by atoms with Crippen LogP contribution < -0.4 is 0 Å². The Morgan fingerprint density at radius 1 is 0.913 bits per heavy atom. The molecule has 3 heterocycles. The highest BCUT2D eigenvalue weighted by Crippen LogP contribution is 2.92. The lowest BCUT2D eigenvalue weighted by Gasteiger charge is -2.63. The van der Waals surface area contributed by atoms with Crippen LogP contribution in [0.15, 0.2) is 0 Å². The molecule has 8 nitrogen and oxygen atoms in total. The molecular formula is C38H58O8. The van der Waals surface area contributed by atoms with Gasteiger partial charge in [-0.3, -0.25) is 0 Å². The molecule has 18 atom stereocenters. The van der Waals surface area contributed by atoms with Gasteiger partial charge in [-0.15, -0.1) is 6.42 Å². The lowest BCUT2D eigenvalue weighted by Crippen LogP contribution is -2.61. The number of hydrogen-bond donors (Lipinski definition) is 4. The zero-order valence-corrected chi connectivity index (χ0v) is 29.2. The zero-order valence-electron chi connectivity index (χ0n) is 29.2. The fourth-order valence-electron chi connectivity index (χ4n) is 14.8. The van der Waals surface area contributed by atoms with Crippen LogP contribution in [0.25, 0.3) is 0 Å². The molecule has 0 radical (unpaired) electrons. The highest BCUT2D eigenvalue weighted by Gasteiger charge is 2.91. The first kappa shape index (κ1) is 32.4. The van der Waals surface area contributed by atoms with E-state index in [-0.39, 0.29) is 64.1 Å². The van der Waals surface area contributed by atoms with Gasteiger partial charge in [0.2, 0.25) is 5.79 Å². The van der Waals surface area contributed by atoms with Gasteiger partial charge in [-0.25, -0.2) is 0 Å². The largest absolute Gasteiger partial charge is 0.390 e. The Labute approximate surface area is 275 Å². The van der Waals surface area contributed by atoms with Crippen molar-refractivity contribution in [3.8, 4) is 12.3 Å². The summed E-state index contributed by atoms with van der Waals surface area (Å²) in [5, 5.41) is 44.6. The van der Waals surface area contributed by atoms with Crippen LogP contribution in [-0.4, -0.2) is 81.3 Å². The van der Waals surface area contributed by atoms with Crippen LogP contribution >= 0.6 is 0 Å². The molecule has 258 valence electrons. The van der Waals surface area contributed by atoms with E-state index in [0.717, 1.165) is 44.9 Å². The van der Waals surface area contributed by atoms with E-state index >= 15 is 0 Å². The summed E-state index contributed by atoms with van der Waals surface area (Å²) >= 11 is 0. The number of aliphatic hydroxyl groups is 4. The van der Waals surface area contributed by atoms with E-state index in [1.165, 1.54) is 0 Å². The lowest BCUT2D eigenvalue weighted by molar-refractivity contribution is -0.287. The van der Waals surface area contributed by atoms with Gasteiger partial charge in [0.25, 0.3) is 0 Å². The third-order valence-electron chi connectivity index (χ3n) is 16.5. The first-order valence-electron chi connectivity index (χ1n) is 18.3. The number of hydrogen-bond acceptors (Lipinski definition) is 8. The van der Waals surface area contributed by atoms with Gasteiger partial charge in [-0.05, 0) is 104 Å². The first-order chi connectivity index (χ1) is 21.4. The molecular weight excluding hydrogens is 584 g/mol. The summed E-state index contributed by atoms with van der Waals surface area (Å²) in [7, 11) is 0. The molecule has 46 heavy (non-hydrogen) atoms. The molecule has 0 amide bonds. The van der Waals surface area contributed by atoms with Crippen molar-refractivity contribution in [2.75, 3.05) is 6.61 Å². The highest BCUT2D eigenvalue weighted by molar-refractivity contribution is 5.41. The van der Waals surface area contributed by atoms with E-state index in [1.54, 1.807) is 13.8 Å². The van der Waals surface area contributed by atoms with Gasteiger partial charge < -0.3 is 39.4 Å². The molecule has 3 spiro atoms. The molecule has 2 unspecified atom stereocenters. The molecule has 0 aromatic carbocycles. The molecule has 2 bridgehead atoms. The van der Waals surface area contributed by atoms with Crippen molar-refractivity contribution >= 4 is 0 Å². The standard InChI is InChI=1S/C38H58O8/c1-10-35-25-12-11-24-32(5,6)26(44-30-20(3)27(40)22(39)18-43-30)13-14-36(24)21(4)37(25,36)16-15-34(35,9)28-19(2)17-23-29(33(7,8)42)46-38(28,45-23)31(35)41/h1,19-31,39-42H,11-18H2,2-9H3/t19-,20-,21-,22+,23-,24+,25+,26+,27-,28?,29+,30+,31-,34-,35-,36-,37+,38?/m1/s1. The van der Waals surface area contributed by atoms with Gasteiger partial charge in [0.05, 0.1) is 35.9 Å². The summed E-state index contributed by atoms with van der Waals surface area (Å²) in [4.78, 5) is 0. The minimum absolute atomic E-state index is 0.0226. The second-order valence-electron chi connectivity index (χ2n) is 18.7. The van der Waals surface area contributed by atoms with Crippen molar-refractivity contribution in [3.63, 3.8) is 0 Å². The van der Waals surface area contributed by atoms with Crippen LogP contribution in [0.2, 0.25) is 0 Å². The fourth-order valence-corrected chi connectivity index (χ4v) is 14.8. The number of terminal acetylenes is 1. The zero-order chi connectivity index (χ0) is 33.2. The molecule has 3 aliphatic heterocycles. The van der Waals surface area contributed by atoms with Gasteiger partial charge in [0.1, 0.15) is 18.3 Å². The molecule has 4 N–H and O–H groups in total. The number of fused-ring (bicyclic) bond motifs is 4. The van der Waals surface area contributed by atoms with E-state index in [4.69, 9.17) is 25.4 Å². The normalized spacial score (nSPS) is 61.4. The third kappa shape index (κ3) is 3.37. The predicted molar refractivity (Wildman–Crippen MR) is 170 cm³/mol. The molecule has 0 aromatic rings. The Bertz CT molecular complexity index is 1320. The smallest absolute Gasteiger partial charge is 0.200 e. The van der Waals surface area contributed by atoms with Gasteiger partial charge in [-0.1, -0.05) is 47.5 Å². The van der Waals surface area contributed by atoms with E-state index in [2.05, 4.69) is 40.5 Å². The summed E-state index contributed by atoms with van der Waals surface area (Å²) in [5.74, 6) is 3.10. The Balaban J connectivity index is 1.14. The van der Waals surface area contributed by atoms with E-state index < -0.39 is 47.5 Å². The number of rotatable bonds is 3. The maximum absolute atomic E-state index is 12.8. The maximum atomic E-state index is 12.8. The van der Waals surface area contributed by atoms with Crippen LogP contribution in [-0.2, 0) is 18.9 Å². The van der Waals surface area contributed by atoms with E-state index in [1.807, 2.05) is 6.92 Å². The van der Waals surface area contributed by atoms with Crippen molar-refractivity contribution in [1.82, 2.24) is 0 Å². The molecule has 8 rings (SSSR count). The first-order valence-corrected chi connectivity index (χ1v) is 18.3. The van der Waals surface area contributed by atoms with Crippen LogP contribution in [0.1, 0.15) is 100 Å². The Hall–Kier alpha value is -0.760. The molecule has 5 saturated carbocycles. The Morgan fingerprint density at radius 2 is 1.59 bits per heavy atom. The van der Waals surface area contributed by atoms with Gasteiger partial charge in [0, 0.05) is 11.8 Å². The van der Waals surface area contributed by atoms with Crippen molar-refractivity contribution in [2.45, 2.75) is 155 Å². The van der Waals surface area contributed by atoms with E-state index in [9.17, 15) is 20.4 Å². The number of aliphatic hydroxyl groups excluding tert-OH is 3. The maximum Gasteiger partial charge on any atom is 0.200 e. The lowest BCUT2D eigenvalue weighted by atomic mass is 9.41. The van der Waals surface area contributed by atoms with Crippen molar-refractivity contribution < 1.29 is 39.4 Å². The number of ether oxygens (including phenoxy) is 4. The van der Waals surface area contributed by atoms with Crippen LogP contribution in [0.3, 0.4) is 0 Å². The van der Waals surface area contributed by atoms with Gasteiger partial charge in [-0.2, -0.15) is 0 Å². The second-order valence-corrected chi connectivity index (χ2v) is 18.7. The van der Waals surface area contributed by atoms with Crippen molar-refractivity contribution in [1.29, 1.82) is 0 Å². The fraction of sp³-hybridized carbons (Fsp3) is 0.947. The SMILES string of the molecule is C#C[C@@]12[C@@H](O)C34O[C@H](C[C@@H](C)C3[C@@]1(C)CC[C@@]13[C@H](C)[C@@]15CC[C@H](O[C@@H]1OC[C@H](O)[C@H](O)[C@H]1C)C(C)(C)[C@@H]5CC[C@@H]23)[C@@H](C(C)(C)O)O4. The van der Waals surface area contributed by atoms with E-state index in [0.29, 0.717) is 11.8 Å². The summed E-state index contributed by atoms with van der Waals surface area (Å²) in [6, 6.07) is 0. The molecule has 0 aromatic heterocycles. The summed E-state index contributed by atoms with van der Waals surface area (Å²) < 4.78 is 26.3. The van der Waals surface area contributed by atoms with Crippen molar-refractivity contribution in [3.05, 3.63) is 0 Å². The molecule has 8 heteroatoms. The van der Waals surface area contributed by atoms with Gasteiger partial charge >= 0.3 is 0 Å².